The highest BCUT2D eigenvalue weighted by atomic mass is 16.6. The number of hydrogen-bond acceptors (Lipinski definition) is 23. The van der Waals surface area contributed by atoms with Crippen molar-refractivity contribution in [2.24, 2.45) is 34.8 Å². The molecule has 1 heterocycles. The van der Waals surface area contributed by atoms with E-state index in [-0.39, 0.29) is 173 Å². The molecule has 123 heavy (non-hydrogen) atoms. The lowest BCUT2D eigenvalue weighted by Gasteiger charge is -2.35. The van der Waals surface area contributed by atoms with E-state index in [1.807, 2.05) is 48.5 Å². The van der Waals surface area contributed by atoms with Gasteiger partial charge >= 0.3 is 12.1 Å². The van der Waals surface area contributed by atoms with Crippen molar-refractivity contribution in [2.75, 3.05) is 190 Å². The highest BCUT2D eigenvalue weighted by molar-refractivity contribution is 5.97. The van der Waals surface area contributed by atoms with Crippen molar-refractivity contribution in [1.82, 2.24) is 41.7 Å². The number of ether oxygens (including phenoxy) is 10. The fourth-order valence-electron chi connectivity index (χ4n) is 13.2. The number of likely N-dealkylation sites (N-methyl/N-ethyl adjacent to an activating group) is 2. The van der Waals surface area contributed by atoms with E-state index in [1.165, 1.54) is 11.9 Å². The summed E-state index contributed by atoms with van der Waals surface area (Å²) in [5, 5.41) is 20.3. The summed E-state index contributed by atoms with van der Waals surface area (Å²) in [6.07, 6.45) is 2.46. The molecule has 0 spiro atoms. The van der Waals surface area contributed by atoms with Gasteiger partial charge in [-0.15, -0.1) is 0 Å². The van der Waals surface area contributed by atoms with Gasteiger partial charge in [0.25, 0.3) is 0 Å². The van der Waals surface area contributed by atoms with Crippen molar-refractivity contribution in [3.05, 3.63) is 106 Å². The van der Waals surface area contributed by atoms with Crippen LogP contribution >= 0.6 is 0 Å². The quantitative estimate of drug-likeness (QED) is 0.0219. The summed E-state index contributed by atoms with van der Waals surface area (Å²) in [7, 11) is 7.64. The number of amides is 12. The third kappa shape index (κ3) is 42.7. The van der Waals surface area contributed by atoms with Gasteiger partial charge in [0.2, 0.25) is 53.2 Å². The largest absolute Gasteiger partial charge is 0.445 e. The zero-order chi connectivity index (χ0) is 89.7. The monoisotopic (exact) mass is 1730 g/mol. The Morgan fingerprint density at radius 1 is 0.553 bits per heavy atom. The highest BCUT2D eigenvalue weighted by Crippen LogP contribution is 2.29. The van der Waals surface area contributed by atoms with Crippen molar-refractivity contribution in [3.63, 3.8) is 0 Å². The molecular weight excluding hydrogens is 1590 g/mol. The molecule has 0 fully saturated rings. The lowest BCUT2D eigenvalue weighted by Crippen LogP contribution is -2.54. The summed E-state index contributed by atoms with van der Waals surface area (Å²) >= 11 is 0. The van der Waals surface area contributed by atoms with Crippen molar-refractivity contribution >= 4 is 76.7 Å². The Labute approximate surface area is 723 Å². The van der Waals surface area contributed by atoms with Crippen LogP contribution in [0.4, 0.5) is 21.0 Å². The zero-order valence-corrected chi connectivity index (χ0v) is 73.2. The first-order valence-electron chi connectivity index (χ1n) is 42.6. The zero-order valence-electron chi connectivity index (χ0n) is 73.2. The average molecular weight is 1730 g/mol. The van der Waals surface area contributed by atoms with Gasteiger partial charge in [-0.05, 0) is 105 Å². The maximum atomic E-state index is 13.6. The second-order valence-electron chi connectivity index (χ2n) is 31.6. The van der Waals surface area contributed by atoms with Crippen LogP contribution < -0.4 is 65.1 Å². The van der Waals surface area contributed by atoms with E-state index < -0.39 is 71.9 Å². The fraction of sp³-hybridized carbons (Fsp3) is 0.621. The number of carbonyl (C=O) groups excluding carboxylic acids is 11. The van der Waals surface area contributed by atoms with Gasteiger partial charge in [0.05, 0.1) is 164 Å². The summed E-state index contributed by atoms with van der Waals surface area (Å²) in [5.41, 5.74) is 29.5. The van der Waals surface area contributed by atoms with E-state index >= 15 is 0 Å². The van der Waals surface area contributed by atoms with E-state index in [1.54, 1.807) is 61.8 Å². The third-order valence-electron chi connectivity index (χ3n) is 19.9. The van der Waals surface area contributed by atoms with Gasteiger partial charge in [-0.25, -0.2) is 9.59 Å². The maximum Gasteiger partial charge on any atom is 0.410 e. The van der Waals surface area contributed by atoms with Gasteiger partial charge in [0.15, 0.2) is 0 Å². The molecule has 0 saturated heterocycles. The highest BCUT2D eigenvalue weighted by Gasteiger charge is 2.33. The van der Waals surface area contributed by atoms with Gasteiger partial charge in [-0.2, -0.15) is 0 Å². The Bertz CT molecular complexity index is 3850. The molecule has 36 heteroatoms. The molecule has 15 N–H and O–H groups in total. The summed E-state index contributed by atoms with van der Waals surface area (Å²) in [6.45, 7) is 13.7. The number of rotatable bonds is 62. The van der Waals surface area contributed by atoms with E-state index in [9.17, 15) is 52.7 Å². The molecule has 684 valence electrons. The van der Waals surface area contributed by atoms with Crippen molar-refractivity contribution in [2.45, 2.75) is 161 Å². The number of benzene rings is 3. The first-order valence-corrected chi connectivity index (χ1v) is 42.6. The third-order valence-corrected chi connectivity index (χ3v) is 19.9. The van der Waals surface area contributed by atoms with Crippen LogP contribution in [0.5, 0.6) is 0 Å². The number of nitrogens with one attached hydrogen (secondary N) is 7. The minimum absolute atomic E-state index is 0.0205. The van der Waals surface area contributed by atoms with Crippen molar-refractivity contribution < 1.29 is 105 Å². The standard InChI is InChI=1S/C87H135N15O21/c1-62(2)81(83(89)109)98-85(111)70(97-77(106)35-43-115-47-51-119-55-57-121-53-49-117-45-39-95-74(103)32-33-79(108)101-59-67-20-10-9-18-65(67)28-29-66-19-11-12-23-72(66)101)22-13-15-36-93-78(107)61-122-73-24-17-21-69(58-71(80(73)88)92-38-44-116-48-52-120-56-54-118-50-46-114-42-34-75(104)94-37-41-102(6,7)8)100(86(91)112)40-16-14-25-76(105)96-68-30-26-64(27-31-68)60-123-87(113)99(5)82(63(3)4)84(90)110/h9-12,18-20,23,26-27,30-31,62-63,69-70,73,81-82,92H,13-17,21-22,24-25,32-61,88H2,1-8H3,(H11-,89,90,91,93,94,95,96,97,98,103,104,105,106,107,109,110,111,112)/p+1/b80-71-/t69?,70-,73?,81+,82+/m1/s1. The Hall–Kier alpha value is -10.1. The van der Waals surface area contributed by atoms with Crippen LogP contribution in [0, 0.1) is 23.7 Å². The predicted molar refractivity (Wildman–Crippen MR) is 461 cm³/mol. The van der Waals surface area contributed by atoms with Crippen LogP contribution in [0.1, 0.15) is 140 Å². The number of nitrogens with two attached hydrogens (primary N) is 4. The number of para-hydroxylation sites is 1. The van der Waals surface area contributed by atoms with Crippen molar-refractivity contribution in [1.29, 1.82) is 0 Å². The van der Waals surface area contributed by atoms with Crippen LogP contribution in [0.25, 0.3) is 0 Å². The molecule has 0 saturated carbocycles. The van der Waals surface area contributed by atoms with Crippen LogP contribution in [0.2, 0.25) is 0 Å². The van der Waals surface area contributed by atoms with Gasteiger partial charge < -0.3 is 122 Å². The normalized spacial score (nSPS) is 15.2. The molecule has 36 nitrogen and oxygen atoms in total. The van der Waals surface area contributed by atoms with E-state index in [2.05, 4.69) is 70.2 Å². The maximum absolute atomic E-state index is 13.6. The van der Waals surface area contributed by atoms with Gasteiger partial charge in [0.1, 0.15) is 31.3 Å². The molecule has 5 atom stereocenters. The summed E-state index contributed by atoms with van der Waals surface area (Å²) in [6, 6.07) is 18.0. The van der Waals surface area contributed by atoms with Crippen LogP contribution in [0.15, 0.2) is 84.2 Å². The Balaban J connectivity index is 1.01. The second kappa shape index (κ2) is 58.9. The molecule has 5 rings (SSSR count). The number of carbonyl (C=O) groups is 11. The smallest absolute Gasteiger partial charge is 0.410 e. The van der Waals surface area contributed by atoms with E-state index in [4.69, 9.17) is 70.3 Å². The van der Waals surface area contributed by atoms with Crippen LogP contribution in [0.3, 0.4) is 0 Å². The molecule has 3 aromatic carbocycles. The molecule has 2 aliphatic rings. The van der Waals surface area contributed by atoms with E-state index in [0.717, 1.165) is 27.7 Å². The lowest BCUT2D eigenvalue weighted by atomic mass is 9.94. The minimum Gasteiger partial charge on any atom is -0.445 e. The number of quaternary nitrogens is 1. The predicted octanol–water partition coefficient (Wildman–Crippen LogP) is 3.32. The molecule has 3 aromatic rings. The lowest BCUT2D eigenvalue weighted by molar-refractivity contribution is -0.869. The van der Waals surface area contributed by atoms with Gasteiger partial charge in [-0.1, -0.05) is 82.0 Å². The molecule has 12 amide bonds. The molecule has 0 radical (unpaired) electrons. The average Bonchev–Trinajstić information content (AvgIpc) is 0.804. The Morgan fingerprint density at radius 2 is 1.11 bits per heavy atom. The van der Waals surface area contributed by atoms with Crippen LogP contribution in [-0.2, 0) is 104 Å². The second-order valence-corrected chi connectivity index (χ2v) is 31.6. The number of fused-ring (bicyclic) bond motifs is 2. The Kier molecular flexibility index (Phi) is 49.5. The molecule has 1 aliphatic heterocycles. The number of nitrogens with zero attached hydrogens (tertiary/aromatic N) is 4. The van der Waals surface area contributed by atoms with E-state index in [0.29, 0.717) is 139 Å². The van der Waals surface area contributed by atoms with Gasteiger partial charge in [0, 0.05) is 100 Å². The summed E-state index contributed by atoms with van der Waals surface area (Å²) < 4.78 is 57.5. The first kappa shape index (κ1) is 103. The Morgan fingerprint density at radius 3 is 1.72 bits per heavy atom. The minimum atomic E-state index is -1.05. The van der Waals surface area contributed by atoms with Crippen molar-refractivity contribution in [3.8, 4) is 11.8 Å². The number of anilines is 2. The summed E-state index contributed by atoms with van der Waals surface area (Å²) in [5.74, 6) is 2.22. The SMILES string of the molecule is CC(C)[C@H](NC(=O)[C@@H](CCCCNC(=O)COC1CCCC(N(CCCCC(=O)Nc2ccc(COC(=O)N(C)[C@H](C(N)=O)C(C)C)cc2)C(N)=O)C/C(NCCOCCOCCOCCOCCC(=O)NCC[N+](C)(C)C)=C\1N)NC(=O)CCOCCOCCOCCOCCNC(=O)CCC(=O)N1Cc2ccccc2C#Cc2ccccc21)C(N)=O. The molecule has 0 aromatic heterocycles. The van der Waals surface area contributed by atoms with Crippen LogP contribution in [-0.4, -0.2) is 290 Å². The number of hydrogen-bond donors (Lipinski definition) is 11. The molecule has 0 bridgehead atoms. The summed E-state index contributed by atoms with van der Waals surface area (Å²) in [4.78, 5) is 146. The van der Waals surface area contributed by atoms with Gasteiger partial charge in [-0.3, -0.25) is 48.1 Å². The molecular formula is C87H136N15O21+. The topological polar surface area (TPSA) is 478 Å². The number of urea groups is 1. The number of unbranched alkanes of at least 4 members (excludes halogenated alkanes) is 2. The molecule has 2 unspecified atom stereocenters. The fourth-order valence-corrected chi connectivity index (χ4v) is 13.2. The first-order chi connectivity index (χ1) is 59.0. The molecule has 1 aliphatic carbocycles. The number of primary amides is 3.